The molecule has 0 aliphatic heterocycles. The predicted octanol–water partition coefficient (Wildman–Crippen LogP) is 4.86. The number of benzene rings is 1. The Morgan fingerprint density at radius 1 is 1.41 bits per heavy atom. The van der Waals surface area contributed by atoms with Gasteiger partial charge in [-0.05, 0) is 37.8 Å². The average Bonchev–Trinajstić information content (AvgIpc) is 2.28. The average molecular weight is 317 g/mol. The highest BCUT2D eigenvalue weighted by Crippen LogP contribution is 2.33. The summed E-state index contributed by atoms with van der Waals surface area (Å²) >= 11 is 9.80. The fourth-order valence-electron chi connectivity index (χ4n) is 2.36. The summed E-state index contributed by atoms with van der Waals surface area (Å²) in [5.41, 5.74) is 2.51. The molecule has 0 atom stereocenters. The second kappa shape index (κ2) is 6.10. The van der Waals surface area contributed by atoms with Crippen LogP contribution >= 0.6 is 27.5 Å². The van der Waals surface area contributed by atoms with E-state index in [2.05, 4.69) is 33.8 Å². The number of hydrogen-bond donors (Lipinski definition) is 0. The van der Waals surface area contributed by atoms with Crippen LogP contribution in [0.1, 0.15) is 31.7 Å². The molecule has 1 aliphatic rings. The SMILES string of the molecule is CCN(CC1CCC1)c1cccc(Cl)c1CBr. The minimum absolute atomic E-state index is 0.823. The molecule has 0 aromatic heterocycles. The van der Waals surface area contributed by atoms with Gasteiger partial charge in [0.1, 0.15) is 0 Å². The van der Waals surface area contributed by atoms with Crippen LogP contribution in [0.5, 0.6) is 0 Å². The predicted molar refractivity (Wildman–Crippen MR) is 79.3 cm³/mol. The van der Waals surface area contributed by atoms with E-state index in [-0.39, 0.29) is 0 Å². The first-order valence-electron chi connectivity index (χ1n) is 6.34. The van der Waals surface area contributed by atoms with Gasteiger partial charge in [0.05, 0.1) is 0 Å². The summed E-state index contributed by atoms with van der Waals surface area (Å²) in [6, 6.07) is 6.21. The Hall–Kier alpha value is -0.210. The number of alkyl halides is 1. The molecule has 0 heterocycles. The summed E-state index contributed by atoms with van der Waals surface area (Å²) in [4.78, 5) is 2.46. The van der Waals surface area contributed by atoms with Gasteiger partial charge < -0.3 is 4.90 Å². The van der Waals surface area contributed by atoms with E-state index in [1.54, 1.807) is 0 Å². The topological polar surface area (TPSA) is 3.24 Å². The van der Waals surface area contributed by atoms with Crippen LogP contribution < -0.4 is 4.90 Å². The molecule has 0 spiro atoms. The number of rotatable bonds is 5. The van der Waals surface area contributed by atoms with Gasteiger partial charge in [-0.2, -0.15) is 0 Å². The van der Waals surface area contributed by atoms with Crippen LogP contribution in [0.4, 0.5) is 5.69 Å². The Bertz CT molecular complexity index is 376. The third kappa shape index (κ3) is 2.97. The van der Waals surface area contributed by atoms with Gasteiger partial charge in [-0.3, -0.25) is 0 Å². The fourth-order valence-corrected chi connectivity index (χ4v) is 3.35. The number of anilines is 1. The molecule has 0 radical (unpaired) electrons. The zero-order chi connectivity index (χ0) is 12.3. The van der Waals surface area contributed by atoms with E-state index < -0.39 is 0 Å². The van der Waals surface area contributed by atoms with Crippen molar-refractivity contribution >= 4 is 33.2 Å². The summed E-state index contributed by atoms with van der Waals surface area (Å²) in [7, 11) is 0. The summed E-state index contributed by atoms with van der Waals surface area (Å²) in [6.07, 6.45) is 4.19. The van der Waals surface area contributed by atoms with Gasteiger partial charge in [0, 0.05) is 34.7 Å². The first-order chi connectivity index (χ1) is 8.26. The van der Waals surface area contributed by atoms with E-state index >= 15 is 0 Å². The number of hydrogen-bond acceptors (Lipinski definition) is 1. The second-order valence-electron chi connectivity index (χ2n) is 4.71. The highest BCUT2D eigenvalue weighted by atomic mass is 79.9. The van der Waals surface area contributed by atoms with Crippen LogP contribution in [0.2, 0.25) is 5.02 Å². The fraction of sp³-hybridized carbons (Fsp3) is 0.571. The van der Waals surface area contributed by atoms with Gasteiger partial charge in [0.2, 0.25) is 0 Å². The van der Waals surface area contributed by atoms with Crippen LogP contribution in [-0.4, -0.2) is 13.1 Å². The summed E-state index contributed by atoms with van der Waals surface area (Å²) in [6.45, 7) is 4.45. The van der Waals surface area contributed by atoms with E-state index in [0.29, 0.717) is 0 Å². The van der Waals surface area contributed by atoms with Gasteiger partial charge in [0.25, 0.3) is 0 Å². The van der Waals surface area contributed by atoms with Crippen molar-refractivity contribution < 1.29 is 0 Å². The lowest BCUT2D eigenvalue weighted by Gasteiger charge is -2.34. The molecule has 1 aromatic carbocycles. The molecule has 0 bridgehead atoms. The van der Waals surface area contributed by atoms with Crippen molar-refractivity contribution in [1.29, 1.82) is 0 Å². The molecule has 0 saturated heterocycles. The summed E-state index contributed by atoms with van der Waals surface area (Å²) in [5.74, 6) is 0.886. The van der Waals surface area contributed by atoms with Gasteiger partial charge in [-0.1, -0.05) is 40.0 Å². The molecule has 0 N–H and O–H groups in total. The largest absolute Gasteiger partial charge is 0.371 e. The molecule has 1 saturated carbocycles. The molecule has 2 rings (SSSR count). The van der Waals surface area contributed by atoms with Crippen LogP contribution in [-0.2, 0) is 5.33 Å². The highest BCUT2D eigenvalue weighted by Gasteiger charge is 2.21. The maximum absolute atomic E-state index is 6.26. The van der Waals surface area contributed by atoms with Crippen LogP contribution in [0.3, 0.4) is 0 Å². The van der Waals surface area contributed by atoms with E-state index in [0.717, 1.165) is 22.8 Å². The van der Waals surface area contributed by atoms with E-state index in [1.807, 2.05) is 12.1 Å². The van der Waals surface area contributed by atoms with Gasteiger partial charge >= 0.3 is 0 Å². The smallest absolute Gasteiger partial charge is 0.0467 e. The Morgan fingerprint density at radius 3 is 2.71 bits per heavy atom. The lowest BCUT2D eigenvalue weighted by atomic mass is 9.85. The van der Waals surface area contributed by atoms with Gasteiger partial charge in [-0.15, -0.1) is 0 Å². The van der Waals surface area contributed by atoms with Gasteiger partial charge in [-0.25, -0.2) is 0 Å². The molecule has 1 aromatic rings. The zero-order valence-corrected chi connectivity index (χ0v) is 12.6. The van der Waals surface area contributed by atoms with Crippen molar-refractivity contribution in [3.8, 4) is 0 Å². The van der Waals surface area contributed by atoms with Crippen molar-refractivity contribution in [3.63, 3.8) is 0 Å². The minimum atomic E-state index is 0.823. The Balaban J connectivity index is 2.19. The zero-order valence-electron chi connectivity index (χ0n) is 10.3. The molecular formula is C14H19BrClN. The van der Waals surface area contributed by atoms with Crippen molar-refractivity contribution in [2.75, 3.05) is 18.0 Å². The third-order valence-corrected chi connectivity index (χ3v) is 4.57. The standard InChI is InChI=1S/C14H19BrClN/c1-2-17(10-11-5-3-6-11)14-8-4-7-13(16)12(14)9-15/h4,7-8,11H,2-3,5-6,9-10H2,1H3. The van der Waals surface area contributed by atoms with Crippen LogP contribution in [0.15, 0.2) is 18.2 Å². The molecule has 0 unspecified atom stereocenters. The lowest BCUT2D eigenvalue weighted by molar-refractivity contribution is 0.318. The third-order valence-electron chi connectivity index (χ3n) is 3.65. The van der Waals surface area contributed by atoms with E-state index in [4.69, 9.17) is 11.6 Å². The van der Waals surface area contributed by atoms with Crippen molar-refractivity contribution in [2.45, 2.75) is 31.5 Å². The first-order valence-corrected chi connectivity index (χ1v) is 7.84. The van der Waals surface area contributed by atoms with Crippen LogP contribution in [0.25, 0.3) is 0 Å². The lowest BCUT2D eigenvalue weighted by Crippen LogP contribution is -2.33. The van der Waals surface area contributed by atoms with Crippen molar-refractivity contribution in [3.05, 3.63) is 28.8 Å². The van der Waals surface area contributed by atoms with Gasteiger partial charge in [0.15, 0.2) is 0 Å². The molecule has 94 valence electrons. The Kier molecular flexibility index (Phi) is 4.75. The van der Waals surface area contributed by atoms with E-state index in [9.17, 15) is 0 Å². The molecule has 3 heteroatoms. The van der Waals surface area contributed by atoms with Crippen molar-refractivity contribution in [2.24, 2.45) is 5.92 Å². The summed E-state index contributed by atoms with van der Waals surface area (Å²) in [5, 5.41) is 1.69. The maximum atomic E-state index is 6.26. The second-order valence-corrected chi connectivity index (χ2v) is 5.67. The Labute approximate surface area is 117 Å². The molecular weight excluding hydrogens is 298 g/mol. The maximum Gasteiger partial charge on any atom is 0.0467 e. The number of halogens is 2. The van der Waals surface area contributed by atoms with Crippen molar-refractivity contribution in [1.82, 2.24) is 0 Å². The minimum Gasteiger partial charge on any atom is -0.371 e. The monoisotopic (exact) mass is 315 g/mol. The van der Waals surface area contributed by atoms with Crippen LogP contribution in [0, 0.1) is 5.92 Å². The molecule has 0 amide bonds. The molecule has 1 fully saturated rings. The quantitative estimate of drug-likeness (QED) is 0.701. The summed E-state index contributed by atoms with van der Waals surface area (Å²) < 4.78 is 0. The molecule has 17 heavy (non-hydrogen) atoms. The molecule has 1 nitrogen and oxygen atoms in total. The normalized spacial score (nSPS) is 15.7. The molecule has 1 aliphatic carbocycles. The first kappa shape index (κ1) is 13.2. The van der Waals surface area contributed by atoms with E-state index in [1.165, 1.54) is 37.1 Å². The number of nitrogens with zero attached hydrogens (tertiary/aromatic N) is 1. The highest BCUT2D eigenvalue weighted by molar-refractivity contribution is 9.08. The Morgan fingerprint density at radius 2 is 2.18 bits per heavy atom.